The zero-order valence-corrected chi connectivity index (χ0v) is 12.2. The number of anilines is 1. The minimum Gasteiger partial charge on any atom is -0.382 e. The highest BCUT2D eigenvalue weighted by Gasteiger charge is 2.11. The Labute approximate surface area is 123 Å². The minimum absolute atomic E-state index is 0.459. The molecule has 0 aliphatic rings. The Balaban J connectivity index is 1.96. The summed E-state index contributed by atoms with van der Waals surface area (Å²) in [6.07, 6.45) is 4.72. The van der Waals surface area contributed by atoms with Gasteiger partial charge in [-0.2, -0.15) is 0 Å². The number of imidazole rings is 1. The molecule has 0 saturated heterocycles. The van der Waals surface area contributed by atoms with E-state index in [0.717, 1.165) is 30.9 Å². The first-order chi connectivity index (χ1) is 10.3. The number of aryl methyl sites for hydroxylation is 1. The number of nitrogen functional groups attached to an aromatic ring is 1. The van der Waals surface area contributed by atoms with E-state index in [-0.39, 0.29) is 0 Å². The van der Waals surface area contributed by atoms with Crippen LogP contribution in [0.4, 0.5) is 5.82 Å². The number of aromatic nitrogens is 4. The Bertz CT molecular complexity index is 733. The van der Waals surface area contributed by atoms with Crippen LogP contribution in [0.15, 0.2) is 36.7 Å². The molecule has 2 aromatic heterocycles. The molecule has 5 nitrogen and oxygen atoms in total. The zero-order chi connectivity index (χ0) is 14.7. The third kappa shape index (κ3) is 2.86. The predicted molar refractivity (Wildman–Crippen MR) is 83.9 cm³/mol. The Kier molecular flexibility index (Phi) is 3.81. The largest absolute Gasteiger partial charge is 0.382 e. The molecule has 2 heterocycles. The molecule has 3 rings (SSSR count). The van der Waals surface area contributed by atoms with Gasteiger partial charge in [0.25, 0.3) is 0 Å². The van der Waals surface area contributed by atoms with Crippen molar-refractivity contribution in [1.82, 2.24) is 19.5 Å². The number of benzene rings is 1. The van der Waals surface area contributed by atoms with Crippen LogP contribution in [0.2, 0.25) is 0 Å². The molecule has 0 atom stereocenters. The molecule has 0 spiro atoms. The quantitative estimate of drug-likeness (QED) is 0.780. The number of nitrogens with zero attached hydrogens (tertiary/aromatic N) is 4. The standard InChI is InChI=1S/C16H19N5/c1-2-3-9-21-11-18-14-15(17)19-13(20-16(14)21)10-12-7-5-4-6-8-12/h4-8,11H,2-3,9-10H2,1H3,(H2,17,19,20). The third-order valence-corrected chi connectivity index (χ3v) is 3.49. The summed E-state index contributed by atoms with van der Waals surface area (Å²) >= 11 is 0. The van der Waals surface area contributed by atoms with Crippen LogP contribution in [0.1, 0.15) is 31.2 Å². The molecular weight excluding hydrogens is 262 g/mol. The van der Waals surface area contributed by atoms with E-state index in [4.69, 9.17) is 5.73 Å². The normalized spacial score (nSPS) is 11.1. The molecule has 0 unspecified atom stereocenters. The Morgan fingerprint density at radius 2 is 1.95 bits per heavy atom. The molecule has 5 heteroatoms. The van der Waals surface area contributed by atoms with Crippen molar-refractivity contribution in [2.24, 2.45) is 0 Å². The lowest BCUT2D eigenvalue weighted by atomic mass is 10.1. The van der Waals surface area contributed by atoms with Crippen molar-refractivity contribution in [1.29, 1.82) is 0 Å². The summed E-state index contributed by atoms with van der Waals surface area (Å²) in [5.41, 5.74) is 8.73. The minimum atomic E-state index is 0.459. The van der Waals surface area contributed by atoms with Crippen molar-refractivity contribution in [3.05, 3.63) is 48.0 Å². The summed E-state index contributed by atoms with van der Waals surface area (Å²) in [5.74, 6) is 1.20. The lowest BCUT2D eigenvalue weighted by Crippen LogP contribution is -2.04. The van der Waals surface area contributed by atoms with Crippen molar-refractivity contribution in [3.63, 3.8) is 0 Å². The van der Waals surface area contributed by atoms with Gasteiger partial charge in [-0.1, -0.05) is 43.7 Å². The second-order valence-corrected chi connectivity index (χ2v) is 5.15. The summed E-state index contributed by atoms with van der Waals surface area (Å²) in [4.78, 5) is 13.4. The highest BCUT2D eigenvalue weighted by atomic mass is 15.1. The van der Waals surface area contributed by atoms with E-state index >= 15 is 0 Å². The highest BCUT2D eigenvalue weighted by molar-refractivity contribution is 5.81. The Morgan fingerprint density at radius 3 is 2.71 bits per heavy atom. The van der Waals surface area contributed by atoms with Gasteiger partial charge in [0.1, 0.15) is 11.3 Å². The van der Waals surface area contributed by atoms with Gasteiger partial charge in [-0.15, -0.1) is 0 Å². The first kappa shape index (κ1) is 13.5. The summed E-state index contributed by atoms with van der Waals surface area (Å²) in [5, 5.41) is 0. The molecule has 0 saturated carbocycles. The highest BCUT2D eigenvalue weighted by Crippen LogP contribution is 2.18. The molecule has 0 aliphatic carbocycles. The maximum absolute atomic E-state index is 6.03. The van der Waals surface area contributed by atoms with Gasteiger partial charge < -0.3 is 10.3 Å². The van der Waals surface area contributed by atoms with Gasteiger partial charge in [-0.05, 0) is 12.0 Å². The van der Waals surface area contributed by atoms with Crippen LogP contribution in [0, 0.1) is 0 Å². The first-order valence-electron chi connectivity index (χ1n) is 7.29. The number of nitrogens with two attached hydrogens (primary N) is 1. The van der Waals surface area contributed by atoms with Crippen LogP contribution in [0.3, 0.4) is 0 Å². The lowest BCUT2D eigenvalue weighted by Gasteiger charge is -2.05. The maximum atomic E-state index is 6.03. The molecule has 2 N–H and O–H groups in total. The number of hydrogen-bond acceptors (Lipinski definition) is 4. The van der Waals surface area contributed by atoms with Gasteiger partial charge >= 0.3 is 0 Å². The van der Waals surface area contributed by atoms with E-state index in [1.807, 2.05) is 18.2 Å². The molecule has 0 bridgehead atoms. The van der Waals surface area contributed by atoms with E-state index in [2.05, 4.69) is 38.6 Å². The van der Waals surface area contributed by atoms with Gasteiger partial charge in [0.2, 0.25) is 0 Å². The third-order valence-electron chi connectivity index (χ3n) is 3.49. The smallest absolute Gasteiger partial charge is 0.165 e. The summed E-state index contributed by atoms with van der Waals surface area (Å²) in [7, 11) is 0. The van der Waals surface area contributed by atoms with Gasteiger partial charge in [-0.25, -0.2) is 15.0 Å². The van der Waals surface area contributed by atoms with Crippen molar-refractivity contribution in [2.45, 2.75) is 32.7 Å². The van der Waals surface area contributed by atoms with Crippen molar-refractivity contribution in [2.75, 3.05) is 5.73 Å². The van der Waals surface area contributed by atoms with Gasteiger partial charge in [0.15, 0.2) is 11.5 Å². The van der Waals surface area contributed by atoms with E-state index in [9.17, 15) is 0 Å². The van der Waals surface area contributed by atoms with Crippen LogP contribution < -0.4 is 5.73 Å². The van der Waals surface area contributed by atoms with E-state index in [1.54, 1.807) is 6.33 Å². The van der Waals surface area contributed by atoms with Crippen LogP contribution >= 0.6 is 0 Å². The molecule has 0 fully saturated rings. The topological polar surface area (TPSA) is 69.6 Å². The first-order valence-corrected chi connectivity index (χ1v) is 7.29. The zero-order valence-electron chi connectivity index (χ0n) is 12.2. The molecule has 21 heavy (non-hydrogen) atoms. The van der Waals surface area contributed by atoms with Crippen molar-refractivity contribution in [3.8, 4) is 0 Å². The Hall–Kier alpha value is -2.43. The van der Waals surface area contributed by atoms with E-state index < -0.39 is 0 Å². The second kappa shape index (κ2) is 5.91. The molecule has 0 radical (unpaired) electrons. The van der Waals surface area contributed by atoms with E-state index in [1.165, 1.54) is 5.56 Å². The van der Waals surface area contributed by atoms with Gasteiger partial charge in [0, 0.05) is 13.0 Å². The van der Waals surface area contributed by atoms with E-state index in [0.29, 0.717) is 17.8 Å². The average molecular weight is 281 g/mol. The monoisotopic (exact) mass is 281 g/mol. The number of rotatable bonds is 5. The SMILES string of the molecule is CCCCn1cnc2c(N)nc(Cc3ccccc3)nc21. The molecule has 0 amide bonds. The molecular formula is C16H19N5. The van der Waals surface area contributed by atoms with Crippen molar-refractivity contribution < 1.29 is 0 Å². The fraction of sp³-hybridized carbons (Fsp3) is 0.312. The van der Waals surface area contributed by atoms with Crippen LogP contribution in [-0.4, -0.2) is 19.5 Å². The summed E-state index contributed by atoms with van der Waals surface area (Å²) in [6.45, 7) is 3.08. The van der Waals surface area contributed by atoms with Gasteiger partial charge in [-0.3, -0.25) is 0 Å². The lowest BCUT2D eigenvalue weighted by molar-refractivity contribution is 0.641. The van der Waals surface area contributed by atoms with Crippen LogP contribution in [-0.2, 0) is 13.0 Å². The fourth-order valence-electron chi connectivity index (χ4n) is 2.36. The van der Waals surface area contributed by atoms with Crippen LogP contribution in [0.25, 0.3) is 11.2 Å². The Morgan fingerprint density at radius 1 is 1.14 bits per heavy atom. The summed E-state index contributed by atoms with van der Waals surface area (Å²) < 4.78 is 2.06. The predicted octanol–water partition coefficient (Wildman–Crippen LogP) is 2.80. The number of unbranched alkanes of at least 4 members (excludes halogenated alkanes) is 1. The summed E-state index contributed by atoms with van der Waals surface area (Å²) in [6, 6.07) is 10.2. The maximum Gasteiger partial charge on any atom is 0.165 e. The molecule has 3 aromatic rings. The van der Waals surface area contributed by atoms with Crippen molar-refractivity contribution >= 4 is 17.0 Å². The molecule has 1 aromatic carbocycles. The molecule has 108 valence electrons. The molecule has 0 aliphatic heterocycles. The average Bonchev–Trinajstić information content (AvgIpc) is 2.90. The van der Waals surface area contributed by atoms with Gasteiger partial charge in [0.05, 0.1) is 6.33 Å². The number of hydrogen-bond donors (Lipinski definition) is 1. The number of fused-ring (bicyclic) bond motifs is 1. The fourth-order valence-corrected chi connectivity index (χ4v) is 2.36. The second-order valence-electron chi connectivity index (χ2n) is 5.15. The van der Waals surface area contributed by atoms with Crippen LogP contribution in [0.5, 0.6) is 0 Å².